The number of aryl methyl sites for hydroxylation is 2. The normalized spacial score (nSPS) is 17.0. The van der Waals surface area contributed by atoms with Crippen LogP contribution < -0.4 is 15.5 Å². The van der Waals surface area contributed by atoms with Crippen LogP contribution in [0.15, 0.2) is 72.9 Å². The van der Waals surface area contributed by atoms with E-state index < -0.39 is 0 Å². The van der Waals surface area contributed by atoms with Gasteiger partial charge in [-0.15, -0.1) is 0 Å². The summed E-state index contributed by atoms with van der Waals surface area (Å²) in [6.07, 6.45) is 2.23. The van der Waals surface area contributed by atoms with Gasteiger partial charge in [0.25, 0.3) is 0 Å². The van der Waals surface area contributed by atoms with Gasteiger partial charge in [0.2, 0.25) is 5.91 Å². The third-order valence-corrected chi connectivity index (χ3v) is 7.70. The molecule has 3 heterocycles. The Hall–Kier alpha value is -3.68. The first-order valence-corrected chi connectivity index (χ1v) is 13.4. The number of rotatable bonds is 6. The van der Waals surface area contributed by atoms with Gasteiger partial charge in [0.15, 0.2) is 5.11 Å². The van der Waals surface area contributed by atoms with Crippen LogP contribution >= 0.6 is 23.8 Å². The molecule has 0 spiro atoms. The zero-order valence-corrected chi connectivity index (χ0v) is 23.4. The number of hydrogen-bond donors (Lipinski definition) is 2. The van der Waals surface area contributed by atoms with Crippen molar-refractivity contribution in [3.8, 4) is 5.69 Å². The Bertz CT molecular complexity index is 1520. The second-order valence-corrected chi connectivity index (χ2v) is 10.3. The maximum atomic E-state index is 12.0. The SMILES string of the molecule is CCC(=O)Nc1ccc(N2C(=S)NC(c3ccccn3)C2c2cc(C)n(-c3ccccc3Cl)c2C)cc1C. The number of carbonyl (C=O) groups excluding carboxylic acids is 1. The van der Waals surface area contributed by atoms with E-state index in [0.717, 1.165) is 45.3 Å². The van der Waals surface area contributed by atoms with Crippen LogP contribution in [0, 0.1) is 20.8 Å². The minimum atomic E-state index is -0.163. The van der Waals surface area contributed by atoms with Gasteiger partial charge in [0, 0.05) is 35.4 Å². The highest BCUT2D eigenvalue weighted by Crippen LogP contribution is 2.44. The van der Waals surface area contributed by atoms with Gasteiger partial charge in [-0.2, -0.15) is 0 Å². The van der Waals surface area contributed by atoms with E-state index in [1.807, 2.05) is 74.6 Å². The standard InChI is InChI=1S/C30H30ClN5OS/c1-5-27(37)33-24-14-13-21(16-18(24)2)36-29(28(34-30(36)38)25-11-8-9-15-32-25)22-17-19(3)35(20(22)4)26-12-7-6-10-23(26)31/h6-17,28-29H,5H2,1-4H3,(H,33,37)(H,34,38). The molecular formula is C30H30ClN5OS. The van der Waals surface area contributed by atoms with E-state index in [0.29, 0.717) is 16.6 Å². The Kier molecular flexibility index (Phi) is 7.23. The Labute approximate surface area is 233 Å². The van der Waals surface area contributed by atoms with Crippen LogP contribution in [-0.2, 0) is 4.79 Å². The van der Waals surface area contributed by atoms with E-state index in [9.17, 15) is 4.79 Å². The maximum Gasteiger partial charge on any atom is 0.224 e. The summed E-state index contributed by atoms with van der Waals surface area (Å²) < 4.78 is 2.20. The summed E-state index contributed by atoms with van der Waals surface area (Å²) in [5.74, 6) is -0.0145. The van der Waals surface area contributed by atoms with Crippen molar-refractivity contribution in [1.29, 1.82) is 0 Å². The van der Waals surface area contributed by atoms with Crippen molar-refractivity contribution < 1.29 is 4.79 Å². The van der Waals surface area contributed by atoms with E-state index in [1.54, 1.807) is 0 Å². The summed E-state index contributed by atoms with van der Waals surface area (Å²) in [6, 6.07) is 21.7. The first-order chi connectivity index (χ1) is 18.3. The molecule has 0 aliphatic carbocycles. The van der Waals surface area contributed by atoms with E-state index in [2.05, 4.69) is 51.1 Å². The molecule has 4 aromatic rings. The highest BCUT2D eigenvalue weighted by Gasteiger charge is 2.42. The molecule has 6 nitrogen and oxygen atoms in total. The van der Waals surface area contributed by atoms with Gasteiger partial charge >= 0.3 is 0 Å². The van der Waals surface area contributed by atoms with E-state index in [4.69, 9.17) is 23.8 Å². The summed E-state index contributed by atoms with van der Waals surface area (Å²) in [4.78, 5) is 18.8. The molecule has 5 rings (SSSR count). The van der Waals surface area contributed by atoms with E-state index in [-0.39, 0.29) is 18.0 Å². The van der Waals surface area contributed by atoms with Gasteiger partial charge in [-0.3, -0.25) is 9.78 Å². The van der Waals surface area contributed by atoms with E-state index in [1.165, 1.54) is 0 Å². The predicted octanol–water partition coefficient (Wildman–Crippen LogP) is 6.98. The number of anilines is 2. The summed E-state index contributed by atoms with van der Waals surface area (Å²) in [6.45, 7) is 8.05. The predicted molar refractivity (Wildman–Crippen MR) is 158 cm³/mol. The summed E-state index contributed by atoms with van der Waals surface area (Å²) in [5.41, 5.74) is 7.86. The van der Waals surface area contributed by atoms with Gasteiger partial charge in [-0.25, -0.2) is 0 Å². The Morgan fingerprint density at radius 1 is 1.08 bits per heavy atom. The van der Waals surface area contributed by atoms with Crippen LogP contribution in [0.4, 0.5) is 11.4 Å². The summed E-state index contributed by atoms with van der Waals surface area (Å²) in [5, 5.41) is 7.83. The second-order valence-electron chi connectivity index (χ2n) is 9.51. The summed E-state index contributed by atoms with van der Waals surface area (Å²) in [7, 11) is 0. The summed E-state index contributed by atoms with van der Waals surface area (Å²) >= 11 is 12.5. The first kappa shape index (κ1) is 25.9. The lowest BCUT2D eigenvalue weighted by molar-refractivity contribution is -0.115. The fourth-order valence-electron chi connectivity index (χ4n) is 5.22. The lowest BCUT2D eigenvalue weighted by Gasteiger charge is -2.29. The fraction of sp³-hybridized carbons (Fsp3) is 0.233. The number of para-hydroxylation sites is 1. The van der Waals surface area contributed by atoms with Crippen LogP contribution in [0.5, 0.6) is 0 Å². The van der Waals surface area contributed by atoms with Crippen LogP contribution in [-0.4, -0.2) is 20.6 Å². The van der Waals surface area contributed by atoms with Gasteiger partial charge < -0.3 is 20.1 Å². The third kappa shape index (κ3) is 4.68. The minimum Gasteiger partial charge on any atom is -0.351 e. The van der Waals surface area contributed by atoms with Crippen LogP contribution in [0.2, 0.25) is 5.02 Å². The lowest BCUT2D eigenvalue weighted by Crippen LogP contribution is -2.29. The number of nitrogens with zero attached hydrogens (tertiary/aromatic N) is 3. The average Bonchev–Trinajstić information content (AvgIpc) is 3.41. The van der Waals surface area contributed by atoms with Gasteiger partial charge in [0.1, 0.15) is 0 Å². The number of amides is 1. The average molecular weight is 544 g/mol. The monoisotopic (exact) mass is 543 g/mol. The molecule has 8 heteroatoms. The zero-order chi connectivity index (χ0) is 27.0. The molecule has 1 aliphatic rings. The number of thiocarbonyl (C=S) groups is 1. The van der Waals surface area contributed by atoms with Crippen molar-refractivity contribution in [2.75, 3.05) is 10.2 Å². The van der Waals surface area contributed by atoms with Crippen molar-refractivity contribution >= 4 is 46.2 Å². The van der Waals surface area contributed by atoms with E-state index >= 15 is 0 Å². The Morgan fingerprint density at radius 3 is 2.53 bits per heavy atom. The number of halogens is 1. The first-order valence-electron chi connectivity index (χ1n) is 12.6. The Balaban J connectivity index is 1.64. The van der Waals surface area contributed by atoms with Crippen molar-refractivity contribution in [2.24, 2.45) is 0 Å². The largest absolute Gasteiger partial charge is 0.351 e. The van der Waals surface area contributed by atoms with Gasteiger partial charge in [-0.1, -0.05) is 36.7 Å². The van der Waals surface area contributed by atoms with Crippen molar-refractivity contribution in [2.45, 2.75) is 46.2 Å². The molecule has 38 heavy (non-hydrogen) atoms. The molecule has 2 N–H and O–H groups in total. The molecule has 194 valence electrons. The maximum absolute atomic E-state index is 12.0. The van der Waals surface area contributed by atoms with Crippen molar-refractivity contribution in [3.63, 3.8) is 0 Å². The molecule has 1 aliphatic heterocycles. The van der Waals surface area contributed by atoms with Crippen molar-refractivity contribution in [3.05, 3.63) is 106 Å². The highest BCUT2D eigenvalue weighted by molar-refractivity contribution is 7.80. The molecular weight excluding hydrogens is 514 g/mol. The molecule has 0 bridgehead atoms. The van der Waals surface area contributed by atoms with Crippen molar-refractivity contribution in [1.82, 2.24) is 14.9 Å². The number of aromatic nitrogens is 2. The molecule has 1 fully saturated rings. The number of benzene rings is 2. The molecule has 0 radical (unpaired) electrons. The third-order valence-electron chi connectivity index (χ3n) is 7.06. The molecule has 2 aromatic carbocycles. The topological polar surface area (TPSA) is 62.2 Å². The fourth-order valence-corrected chi connectivity index (χ4v) is 5.78. The molecule has 2 aromatic heterocycles. The Morgan fingerprint density at radius 2 is 1.84 bits per heavy atom. The number of hydrogen-bond acceptors (Lipinski definition) is 3. The second kappa shape index (κ2) is 10.6. The minimum absolute atomic E-state index is 0.0145. The highest BCUT2D eigenvalue weighted by atomic mass is 35.5. The molecule has 0 saturated carbocycles. The van der Waals surface area contributed by atoms with Crippen LogP contribution in [0.1, 0.15) is 53.6 Å². The number of nitrogens with one attached hydrogen (secondary N) is 2. The van der Waals surface area contributed by atoms with Crippen LogP contribution in [0.25, 0.3) is 5.69 Å². The van der Waals surface area contributed by atoms with Crippen LogP contribution in [0.3, 0.4) is 0 Å². The molecule has 2 unspecified atom stereocenters. The molecule has 1 amide bonds. The molecule has 1 saturated heterocycles. The lowest BCUT2D eigenvalue weighted by atomic mass is 9.96. The van der Waals surface area contributed by atoms with Gasteiger partial charge in [0.05, 0.1) is 28.5 Å². The smallest absolute Gasteiger partial charge is 0.224 e. The van der Waals surface area contributed by atoms with Gasteiger partial charge in [-0.05, 0) is 92.6 Å². The number of pyridine rings is 1. The number of carbonyl (C=O) groups is 1. The quantitative estimate of drug-likeness (QED) is 0.257. The molecule has 2 atom stereocenters. The zero-order valence-electron chi connectivity index (χ0n) is 21.8.